The molecule has 0 unspecified atom stereocenters. The van der Waals surface area contributed by atoms with Crippen LogP contribution >= 0.6 is 0 Å². The molecule has 0 saturated heterocycles. The van der Waals surface area contributed by atoms with E-state index in [0.29, 0.717) is 119 Å². The zero-order valence-corrected chi connectivity index (χ0v) is 44.6. The van der Waals surface area contributed by atoms with Gasteiger partial charge in [0.15, 0.2) is 0 Å². The van der Waals surface area contributed by atoms with Gasteiger partial charge in [0.25, 0.3) is 0 Å². The van der Waals surface area contributed by atoms with Gasteiger partial charge in [0.2, 0.25) is 17.7 Å². The lowest BCUT2D eigenvalue weighted by molar-refractivity contribution is -0.907. The molecule has 3 aromatic carbocycles. The number of unbranched alkanes of at least 4 members (excludes halogenated alkanes) is 7. The highest BCUT2D eigenvalue weighted by molar-refractivity contribution is 5.77. The monoisotopic (exact) mass is 1030 g/mol. The average Bonchev–Trinajstić information content (AvgIpc) is 4.13. The summed E-state index contributed by atoms with van der Waals surface area (Å²) in [6, 6.07) is 18.6. The van der Waals surface area contributed by atoms with Crippen molar-refractivity contribution in [1.82, 2.24) is 30.9 Å². The molecule has 1 heterocycles. The number of nitrogens with two attached hydrogens (primary N) is 2. The van der Waals surface area contributed by atoms with Crippen LogP contribution < -0.4 is 36.9 Å². The van der Waals surface area contributed by atoms with Crippen molar-refractivity contribution < 1.29 is 42.6 Å². The summed E-state index contributed by atoms with van der Waals surface area (Å²) in [6.45, 7) is 9.06. The molecular formula is C57H85FN9O7+. The molecule has 4 aromatic rings. The molecular weight excluding hydrogens is 942 g/mol. The lowest BCUT2D eigenvalue weighted by atomic mass is 9.82. The van der Waals surface area contributed by atoms with Crippen molar-refractivity contribution in [2.45, 2.75) is 136 Å². The van der Waals surface area contributed by atoms with Crippen molar-refractivity contribution in [2.24, 2.45) is 22.8 Å². The number of quaternary nitrogens is 1. The zero-order chi connectivity index (χ0) is 53.4. The fourth-order valence-electron chi connectivity index (χ4n) is 9.65. The van der Waals surface area contributed by atoms with Crippen molar-refractivity contribution in [2.75, 3.05) is 66.5 Å². The summed E-state index contributed by atoms with van der Waals surface area (Å²) in [5, 5.41) is 27.2. The molecule has 16 nitrogen and oxygen atoms in total. The Bertz CT molecular complexity index is 2370. The topological polar surface area (TPSA) is 226 Å². The summed E-state index contributed by atoms with van der Waals surface area (Å²) in [7, 11) is 3.59. The fraction of sp³-hybridized carbons (Fsp3) is 0.579. The number of aliphatic carboxylic acids is 1. The van der Waals surface area contributed by atoms with Crippen LogP contribution in [0.3, 0.4) is 0 Å². The smallest absolute Gasteiger partial charge is 0.303 e. The molecule has 17 heteroatoms. The number of hydrogen-bond acceptors (Lipinski definition) is 10. The fourth-order valence-corrected chi connectivity index (χ4v) is 9.65. The molecule has 1 aliphatic rings. The summed E-state index contributed by atoms with van der Waals surface area (Å²) >= 11 is 0. The quantitative estimate of drug-likeness (QED) is 0.0192. The van der Waals surface area contributed by atoms with Gasteiger partial charge in [-0.2, -0.15) is 0 Å². The van der Waals surface area contributed by atoms with Crippen LogP contribution in [-0.4, -0.2) is 115 Å². The number of aryl methyl sites for hydroxylation is 1. The minimum atomic E-state index is -0.792. The number of methoxy groups -OCH3 is 1. The van der Waals surface area contributed by atoms with E-state index in [1.165, 1.54) is 6.07 Å². The van der Waals surface area contributed by atoms with Gasteiger partial charge in [-0.1, -0.05) is 87.9 Å². The van der Waals surface area contributed by atoms with Crippen molar-refractivity contribution in [3.8, 4) is 22.6 Å². The number of carbonyl (C=O) groups is 4. The van der Waals surface area contributed by atoms with Gasteiger partial charge < -0.3 is 46.5 Å². The Morgan fingerprint density at radius 3 is 2.09 bits per heavy atom. The molecule has 1 aromatic heterocycles. The maximum Gasteiger partial charge on any atom is 0.303 e. The van der Waals surface area contributed by atoms with Crippen LogP contribution in [0.5, 0.6) is 11.5 Å². The highest BCUT2D eigenvalue weighted by Gasteiger charge is 2.34. The number of amides is 3. The van der Waals surface area contributed by atoms with Crippen molar-refractivity contribution in [1.29, 1.82) is 0 Å². The first kappa shape index (κ1) is 59.0. The van der Waals surface area contributed by atoms with Crippen molar-refractivity contribution >= 4 is 23.7 Å². The van der Waals surface area contributed by atoms with Crippen LogP contribution in [0.25, 0.3) is 11.1 Å². The molecule has 1 fully saturated rings. The molecule has 0 bridgehead atoms. The predicted molar refractivity (Wildman–Crippen MR) is 287 cm³/mol. The normalized spacial score (nSPS) is 13.1. The van der Waals surface area contributed by atoms with E-state index in [9.17, 15) is 24.3 Å². The average molecular weight is 1030 g/mol. The number of hydrogen-bond donors (Lipinski definition) is 6. The first-order chi connectivity index (χ1) is 35.6. The van der Waals surface area contributed by atoms with Crippen LogP contribution in [-0.2, 0) is 45.2 Å². The molecule has 1 saturated carbocycles. The second-order valence-corrected chi connectivity index (χ2v) is 21.2. The van der Waals surface area contributed by atoms with Gasteiger partial charge in [-0.25, -0.2) is 4.39 Å². The molecule has 0 radical (unpaired) electrons. The molecule has 3 amide bonds. The third-order valence-electron chi connectivity index (χ3n) is 14.0. The number of nitrogens with zero attached hydrogens (tertiary/aromatic N) is 4. The minimum absolute atomic E-state index is 0.0250. The lowest BCUT2D eigenvalue weighted by Gasteiger charge is -2.34. The Morgan fingerprint density at radius 2 is 1.45 bits per heavy atom. The maximum atomic E-state index is 15.5. The molecule has 406 valence electrons. The number of carboxylic acid groups (broad SMARTS) is 1. The van der Waals surface area contributed by atoms with Gasteiger partial charge in [-0.05, 0) is 108 Å². The highest BCUT2D eigenvalue weighted by atomic mass is 19.1. The number of aromatic nitrogens is 3. The summed E-state index contributed by atoms with van der Waals surface area (Å²) < 4.78 is 29.7. The van der Waals surface area contributed by atoms with Crippen molar-refractivity contribution in [3.63, 3.8) is 0 Å². The zero-order valence-electron chi connectivity index (χ0n) is 44.6. The van der Waals surface area contributed by atoms with Gasteiger partial charge in [-0.3, -0.25) is 23.9 Å². The molecule has 8 N–H and O–H groups in total. The first-order valence-corrected chi connectivity index (χ1v) is 26.9. The Morgan fingerprint density at radius 1 is 0.797 bits per heavy atom. The minimum Gasteiger partial charge on any atom is -0.497 e. The Balaban J connectivity index is 1.02. The Kier molecular flexibility index (Phi) is 24.3. The van der Waals surface area contributed by atoms with Gasteiger partial charge in [0, 0.05) is 50.9 Å². The van der Waals surface area contributed by atoms with E-state index in [0.717, 1.165) is 98.6 Å². The number of rotatable bonds is 37. The maximum absolute atomic E-state index is 15.5. The third-order valence-corrected chi connectivity index (χ3v) is 14.0. The molecule has 1 atom stereocenters. The van der Waals surface area contributed by atoms with Crippen LogP contribution in [0.4, 0.5) is 4.39 Å². The van der Waals surface area contributed by atoms with Gasteiger partial charge in [-0.15, -0.1) is 5.10 Å². The predicted octanol–water partition coefficient (Wildman–Crippen LogP) is 7.46. The summed E-state index contributed by atoms with van der Waals surface area (Å²) in [5.74, 6) is 0.387. The standard InChI is InChI=1S/C57H84FN9O7/c1-57(2,38-45-34-42(18-22-49(45)51-36-47(73-4)21-23-52(51)58)40-74-48-16-13-14-44(35-48)50(37-56(71)72)43-19-20-43)41-66-39-46(64-65-66)15-11-9-7-5-6-8-10-12-17-53(68)63-30-33-67(3,31-24-54(69)61-28-26-59)32-25-55(70)62-29-27-60/h13-14,16,18,21-23,34-36,39,43,50H,5-12,15,17,19-20,24-33,37-38,40-41,59-60H2,1-4H3,(H3-,61,62,63,68,69,70,71,72)/p+1/t50-/m0/s1. The van der Waals surface area contributed by atoms with Gasteiger partial charge >= 0.3 is 5.97 Å². The molecule has 0 aliphatic heterocycles. The number of benzene rings is 3. The van der Waals surface area contributed by atoms with E-state index in [4.69, 9.17) is 20.9 Å². The largest absolute Gasteiger partial charge is 0.497 e. The number of nitrogens with one attached hydrogen (secondary N) is 3. The van der Waals surface area contributed by atoms with E-state index in [2.05, 4.69) is 46.2 Å². The van der Waals surface area contributed by atoms with Crippen LogP contribution in [0.1, 0.15) is 132 Å². The van der Waals surface area contributed by atoms with E-state index >= 15 is 4.39 Å². The second-order valence-electron chi connectivity index (χ2n) is 21.2. The number of carbonyl (C=O) groups excluding carboxylic acids is 3. The molecule has 5 rings (SSSR count). The number of likely N-dealkylation sites (N-methyl/N-ethyl adjacent to an activating group) is 1. The number of halogens is 1. The van der Waals surface area contributed by atoms with E-state index in [-0.39, 0.29) is 41.3 Å². The molecule has 1 aliphatic carbocycles. The van der Waals surface area contributed by atoms with Crippen LogP contribution in [0.15, 0.2) is 66.9 Å². The highest BCUT2D eigenvalue weighted by Crippen LogP contribution is 2.45. The summed E-state index contributed by atoms with van der Waals surface area (Å²) in [5.41, 5.74) is 15.9. The van der Waals surface area contributed by atoms with Crippen molar-refractivity contribution in [3.05, 3.63) is 95.1 Å². The van der Waals surface area contributed by atoms with E-state index in [1.807, 2.05) is 54.3 Å². The third kappa shape index (κ3) is 21.1. The summed E-state index contributed by atoms with van der Waals surface area (Å²) in [6.07, 6.45) is 15.3. The van der Waals surface area contributed by atoms with Crippen LogP contribution in [0.2, 0.25) is 0 Å². The molecule has 74 heavy (non-hydrogen) atoms. The Hall–Kier alpha value is -5.91. The SMILES string of the molecule is COc1ccc(F)c(-c2ccc(COc3cccc([C@@H](CC(=O)O)C4CC4)c3)cc2CC(C)(C)Cn2cc(CCCCCCCCCCC(=O)NCC[N+](C)(CCC(=O)NCCN)CCC(=O)NCCN)nn2)c1. The first-order valence-electron chi connectivity index (χ1n) is 26.9. The summed E-state index contributed by atoms with van der Waals surface area (Å²) in [4.78, 5) is 48.8. The Labute approximate surface area is 438 Å². The van der Waals surface area contributed by atoms with Gasteiger partial charge in [0.05, 0.1) is 65.3 Å². The lowest BCUT2D eigenvalue weighted by Crippen LogP contribution is -2.52. The van der Waals surface area contributed by atoms with Gasteiger partial charge in [0.1, 0.15) is 23.9 Å². The second kappa shape index (κ2) is 30.5. The van der Waals surface area contributed by atoms with E-state index in [1.54, 1.807) is 19.2 Å². The number of ether oxygens (including phenoxy) is 2. The van der Waals surface area contributed by atoms with Crippen LogP contribution in [0, 0.1) is 17.2 Å². The number of carboxylic acids is 1. The van der Waals surface area contributed by atoms with E-state index < -0.39 is 5.97 Å². The molecule has 0 spiro atoms.